The molecule has 0 aliphatic heterocycles. The maximum Gasteiger partial charge on any atom is 0.368 e. The lowest BCUT2D eigenvalue weighted by atomic mass is 9.91. The van der Waals surface area contributed by atoms with Gasteiger partial charge in [0, 0.05) is 16.9 Å². The Morgan fingerprint density at radius 2 is 1.89 bits per heavy atom. The van der Waals surface area contributed by atoms with Gasteiger partial charge in [0.25, 0.3) is 0 Å². The molecule has 1 rings (SSSR count). The summed E-state index contributed by atoms with van der Waals surface area (Å²) in [5.41, 5.74) is 1.33. The Hall–Kier alpha value is -1.29. The van der Waals surface area contributed by atoms with Gasteiger partial charge in [-0.2, -0.15) is 0 Å². The zero-order chi connectivity index (χ0) is 13.6. The molecule has 0 saturated heterocycles. The quantitative estimate of drug-likeness (QED) is 0.658. The predicted octanol–water partition coefficient (Wildman–Crippen LogP) is 4.12. The average Bonchev–Trinajstić information content (AvgIpc) is 2.33. The van der Waals surface area contributed by atoms with E-state index in [2.05, 4.69) is 0 Å². The Balaban J connectivity index is 2.29. The van der Waals surface area contributed by atoms with E-state index in [0.29, 0.717) is 11.5 Å². The molecule has 3 nitrogen and oxygen atoms in total. The molecule has 0 saturated carbocycles. The van der Waals surface area contributed by atoms with Crippen molar-refractivity contribution in [2.45, 2.75) is 27.4 Å². The molecule has 0 radical (unpaired) electrons. The van der Waals surface area contributed by atoms with Crippen LogP contribution in [-0.2, 0) is 11.3 Å². The van der Waals surface area contributed by atoms with Crippen LogP contribution in [-0.4, -0.2) is 16.8 Å². The third kappa shape index (κ3) is 5.36. The zero-order valence-corrected chi connectivity index (χ0v) is 11.8. The molecular weight excluding hydrogens is 246 g/mol. The summed E-state index contributed by atoms with van der Waals surface area (Å²) >= 11 is 1.04. The number of thioether (sulfide) groups is 1. The van der Waals surface area contributed by atoms with Gasteiger partial charge >= 0.3 is 5.30 Å². The number of benzene rings is 1. The molecule has 1 N–H and O–H groups in total. The summed E-state index contributed by atoms with van der Waals surface area (Å²) in [7, 11) is 0. The number of nitrogens with one attached hydrogen (secondary N) is 1. The van der Waals surface area contributed by atoms with Gasteiger partial charge in [-0.15, -0.1) is 0 Å². The number of hydrogen-bond acceptors (Lipinski definition) is 4. The molecule has 1 aromatic rings. The van der Waals surface area contributed by atoms with Crippen molar-refractivity contribution in [3.8, 4) is 0 Å². The molecule has 0 aromatic heterocycles. The van der Waals surface area contributed by atoms with Gasteiger partial charge in [0.05, 0.1) is 0 Å². The van der Waals surface area contributed by atoms with Crippen molar-refractivity contribution in [3.63, 3.8) is 0 Å². The highest BCUT2D eigenvalue weighted by Crippen LogP contribution is 2.19. The summed E-state index contributed by atoms with van der Waals surface area (Å²) in [6.07, 6.45) is 0. The molecule has 0 bridgehead atoms. The van der Waals surface area contributed by atoms with Crippen LogP contribution in [0.2, 0.25) is 0 Å². The van der Waals surface area contributed by atoms with Crippen LogP contribution in [0.3, 0.4) is 0 Å². The topological polar surface area (TPSA) is 50.2 Å². The van der Waals surface area contributed by atoms with Gasteiger partial charge in [-0.25, -0.2) is 4.79 Å². The van der Waals surface area contributed by atoms with Crippen LogP contribution in [0.5, 0.6) is 0 Å². The van der Waals surface area contributed by atoms with Crippen molar-refractivity contribution < 1.29 is 9.53 Å². The van der Waals surface area contributed by atoms with Crippen molar-refractivity contribution in [2.75, 3.05) is 5.75 Å². The minimum atomic E-state index is -0.326. The molecule has 0 atom stereocenters. The fourth-order valence-corrected chi connectivity index (χ4v) is 1.94. The van der Waals surface area contributed by atoms with E-state index in [1.54, 1.807) is 0 Å². The number of carbonyl (C=O) groups is 1. The Morgan fingerprint density at radius 3 is 2.44 bits per heavy atom. The summed E-state index contributed by atoms with van der Waals surface area (Å²) in [4.78, 5) is 11.5. The summed E-state index contributed by atoms with van der Waals surface area (Å²) < 4.78 is 5.12. The first kappa shape index (κ1) is 14.8. The van der Waals surface area contributed by atoms with E-state index < -0.39 is 0 Å². The van der Waals surface area contributed by atoms with Crippen LogP contribution in [0.15, 0.2) is 30.3 Å². The minimum Gasteiger partial charge on any atom is -0.453 e. The van der Waals surface area contributed by atoms with Crippen molar-refractivity contribution in [1.29, 1.82) is 5.41 Å². The van der Waals surface area contributed by atoms with E-state index in [1.165, 1.54) is 0 Å². The van der Waals surface area contributed by atoms with E-state index in [-0.39, 0.29) is 17.3 Å². The van der Waals surface area contributed by atoms with E-state index in [9.17, 15) is 4.79 Å². The van der Waals surface area contributed by atoms with Gasteiger partial charge in [-0.1, -0.05) is 51.1 Å². The second-order valence-corrected chi connectivity index (χ2v) is 5.95. The molecule has 0 aliphatic rings. The summed E-state index contributed by atoms with van der Waals surface area (Å²) in [5, 5.41) is 7.48. The Kier molecular flexibility index (Phi) is 5.41. The van der Waals surface area contributed by atoms with Crippen LogP contribution in [0.4, 0.5) is 4.79 Å². The van der Waals surface area contributed by atoms with Gasteiger partial charge < -0.3 is 10.1 Å². The third-order valence-electron chi connectivity index (χ3n) is 2.44. The molecule has 0 aliphatic carbocycles. The van der Waals surface area contributed by atoms with E-state index in [0.717, 1.165) is 17.3 Å². The van der Waals surface area contributed by atoms with Crippen LogP contribution >= 0.6 is 11.8 Å². The fraction of sp³-hybridized carbons (Fsp3) is 0.429. The lowest BCUT2D eigenvalue weighted by Crippen LogP contribution is -2.22. The monoisotopic (exact) mass is 265 g/mol. The number of hydrogen-bond donors (Lipinski definition) is 1. The summed E-state index contributed by atoms with van der Waals surface area (Å²) in [5.74, 6) is 0.386. The molecule has 18 heavy (non-hydrogen) atoms. The molecule has 98 valence electrons. The highest BCUT2D eigenvalue weighted by Gasteiger charge is 2.18. The Bertz CT molecular complexity index is 410. The molecular formula is C14H19NO2S. The van der Waals surface area contributed by atoms with Gasteiger partial charge in [0.1, 0.15) is 6.61 Å². The van der Waals surface area contributed by atoms with E-state index in [1.807, 2.05) is 51.1 Å². The maximum absolute atomic E-state index is 11.5. The molecule has 0 unspecified atom stereocenters. The molecule has 0 heterocycles. The van der Waals surface area contributed by atoms with E-state index in [4.69, 9.17) is 10.1 Å². The van der Waals surface area contributed by atoms with E-state index >= 15 is 0 Å². The second-order valence-electron chi connectivity index (χ2n) is 5.04. The van der Waals surface area contributed by atoms with Gasteiger partial charge in [-0.3, -0.25) is 0 Å². The second kappa shape index (κ2) is 6.59. The van der Waals surface area contributed by atoms with Gasteiger partial charge in [0.2, 0.25) is 0 Å². The number of rotatable bonds is 4. The van der Waals surface area contributed by atoms with Gasteiger partial charge in [0.15, 0.2) is 0 Å². The highest BCUT2D eigenvalue weighted by atomic mass is 32.2. The van der Waals surface area contributed by atoms with Crippen LogP contribution in [0.1, 0.15) is 26.3 Å². The summed E-state index contributed by atoms with van der Waals surface area (Å²) in [6.45, 7) is 6.18. The molecule has 1 aromatic carbocycles. The fourth-order valence-electron chi connectivity index (χ4n) is 1.11. The zero-order valence-electron chi connectivity index (χ0n) is 11.0. The summed E-state index contributed by atoms with van der Waals surface area (Å²) in [6, 6.07) is 9.56. The largest absolute Gasteiger partial charge is 0.453 e. The van der Waals surface area contributed by atoms with Crippen molar-refractivity contribution in [2.24, 2.45) is 5.41 Å². The SMILES string of the molecule is CC(C)(C)C(=N)CSC(=O)OCc1ccccc1. The van der Waals surface area contributed by atoms with Crippen LogP contribution in [0.25, 0.3) is 0 Å². The standard InChI is InChI=1S/C14H19NO2S/c1-14(2,3)12(15)10-18-13(16)17-9-11-7-5-4-6-8-11/h4-8,15H,9-10H2,1-3H3. The van der Waals surface area contributed by atoms with Crippen LogP contribution < -0.4 is 0 Å². The normalized spacial score (nSPS) is 11.1. The minimum absolute atomic E-state index is 0.188. The van der Waals surface area contributed by atoms with Gasteiger partial charge in [-0.05, 0) is 17.3 Å². The first-order chi connectivity index (χ1) is 8.39. The lowest BCUT2D eigenvalue weighted by Gasteiger charge is -2.18. The molecule has 0 fully saturated rings. The van der Waals surface area contributed by atoms with Crippen molar-refractivity contribution >= 4 is 22.8 Å². The van der Waals surface area contributed by atoms with Crippen molar-refractivity contribution in [1.82, 2.24) is 0 Å². The first-order valence-corrected chi connectivity index (χ1v) is 6.79. The lowest BCUT2D eigenvalue weighted by molar-refractivity contribution is 0.169. The van der Waals surface area contributed by atoms with Crippen LogP contribution in [0, 0.1) is 10.8 Å². The third-order valence-corrected chi connectivity index (χ3v) is 3.23. The Morgan fingerprint density at radius 1 is 1.28 bits per heavy atom. The number of ether oxygens (including phenoxy) is 1. The van der Waals surface area contributed by atoms with Crippen molar-refractivity contribution in [3.05, 3.63) is 35.9 Å². The smallest absolute Gasteiger partial charge is 0.368 e. The predicted molar refractivity (Wildman–Crippen MR) is 76.3 cm³/mol. The molecule has 0 spiro atoms. The first-order valence-electron chi connectivity index (χ1n) is 5.81. The maximum atomic E-state index is 11.5. The Labute approximate surface area is 112 Å². The molecule has 4 heteroatoms. The highest BCUT2D eigenvalue weighted by molar-refractivity contribution is 8.13. The molecule has 0 amide bonds. The number of carbonyl (C=O) groups excluding carboxylic acids is 1. The average molecular weight is 265 g/mol.